The number of tetrazole rings is 1. The highest BCUT2D eigenvalue weighted by atomic mass is 32.2. The smallest absolute Gasteiger partial charge is 0.241 e. The number of primary sulfonamides is 1. The molecule has 4 rings (SSSR count). The van der Waals surface area contributed by atoms with Crippen molar-refractivity contribution in [2.75, 3.05) is 19.6 Å². The Morgan fingerprint density at radius 2 is 1.83 bits per heavy atom. The third-order valence-electron chi connectivity index (χ3n) is 5.13. The number of fused-ring (bicyclic) bond motifs is 1. The van der Waals surface area contributed by atoms with Crippen LogP contribution in [-0.4, -0.2) is 67.1 Å². The molecule has 15 nitrogen and oxygen atoms in total. The van der Waals surface area contributed by atoms with E-state index in [0.29, 0.717) is 22.4 Å². The van der Waals surface area contributed by atoms with E-state index in [1.807, 2.05) is 0 Å². The Balaban J connectivity index is 2.10. The number of nitrogens with zero attached hydrogens (tertiary/aromatic N) is 4. The Hall–Kier alpha value is -3.32. The number of aromatic amines is 2. The summed E-state index contributed by atoms with van der Waals surface area (Å²) in [6.07, 6.45) is 0. The maximum absolute atomic E-state index is 13.0. The maximum Gasteiger partial charge on any atom is 0.241 e. The van der Waals surface area contributed by atoms with E-state index in [0.717, 1.165) is 6.07 Å². The number of hydrogen-bond acceptors (Lipinski definition) is 11. The first kappa shape index (κ1) is 24.8. The number of rotatable bonds is 9. The molecule has 0 unspecified atom stereocenters. The molecule has 0 fully saturated rings. The molecule has 4 aromatic rings. The van der Waals surface area contributed by atoms with Crippen LogP contribution in [0.3, 0.4) is 0 Å². The Morgan fingerprint density at radius 3 is 2.46 bits per heavy atom. The van der Waals surface area contributed by atoms with E-state index in [-0.39, 0.29) is 36.6 Å². The summed E-state index contributed by atoms with van der Waals surface area (Å²) < 4.78 is 53.7. The number of para-hydroxylation sites is 1. The summed E-state index contributed by atoms with van der Waals surface area (Å²) in [7, 11) is -8.96. The molecule has 0 bridgehead atoms. The van der Waals surface area contributed by atoms with Crippen molar-refractivity contribution >= 4 is 31.1 Å². The molecule has 1 atom stereocenters. The monoisotopic (exact) mass is 521 g/mol. The van der Waals surface area contributed by atoms with E-state index in [9.17, 15) is 16.8 Å². The largest absolute Gasteiger partial charge is 0.341 e. The van der Waals surface area contributed by atoms with Crippen LogP contribution in [0.4, 0.5) is 0 Å². The van der Waals surface area contributed by atoms with Gasteiger partial charge < -0.3 is 22.2 Å². The highest BCUT2D eigenvalue weighted by molar-refractivity contribution is 7.92. The van der Waals surface area contributed by atoms with Crippen molar-refractivity contribution in [1.82, 2.24) is 35.3 Å². The first-order valence-electron chi connectivity index (χ1n) is 10.2. The van der Waals surface area contributed by atoms with Gasteiger partial charge in [0.1, 0.15) is 15.6 Å². The van der Waals surface area contributed by atoms with Crippen LogP contribution in [0.1, 0.15) is 11.9 Å². The van der Waals surface area contributed by atoms with E-state index >= 15 is 0 Å². The van der Waals surface area contributed by atoms with Gasteiger partial charge in [-0.2, -0.15) is 5.21 Å². The van der Waals surface area contributed by atoms with Crippen molar-refractivity contribution in [1.29, 1.82) is 0 Å². The minimum Gasteiger partial charge on any atom is -0.341 e. The molecule has 186 valence electrons. The second-order valence-electron chi connectivity index (χ2n) is 7.45. The standard InChI is InChI=1S/C18H23N11O4S2/c19-6-7-23-35(32,33)13-5-4-9(14(16(13)34(22,30)31)18-26-28-29-27-18)10-2-1-3-12-15(10)25-17(24-12)11(21)8-20/h1-5,11,23H,6-8,19-21H2,(H,24,25)(H2,22,30,31)(H,26,27,28,29)/t11-/m0/s1. The number of H-pyrrole nitrogens is 2. The lowest BCUT2D eigenvalue weighted by Crippen LogP contribution is -2.31. The summed E-state index contributed by atoms with van der Waals surface area (Å²) in [6.45, 7) is 0.0117. The number of sulfonamides is 2. The summed E-state index contributed by atoms with van der Waals surface area (Å²) >= 11 is 0. The van der Waals surface area contributed by atoms with Gasteiger partial charge in [0.2, 0.25) is 25.9 Å². The molecule has 2 aromatic carbocycles. The van der Waals surface area contributed by atoms with E-state index in [1.165, 1.54) is 6.07 Å². The maximum atomic E-state index is 13.0. The second kappa shape index (κ2) is 9.38. The quantitative estimate of drug-likeness (QED) is 0.130. The fourth-order valence-corrected chi connectivity index (χ4v) is 6.25. The fourth-order valence-electron chi connectivity index (χ4n) is 3.60. The van der Waals surface area contributed by atoms with Gasteiger partial charge in [0.25, 0.3) is 0 Å². The number of aromatic nitrogens is 6. The lowest BCUT2D eigenvalue weighted by Gasteiger charge is -2.16. The first-order valence-corrected chi connectivity index (χ1v) is 13.2. The topological polar surface area (TPSA) is 268 Å². The Bertz CT molecular complexity index is 1580. The van der Waals surface area contributed by atoms with Crippen molar-refractivity contribution in [2.24, 2.45) is 22.3 Å². The second-order valence-corrected chi connectivity index (χ2v) is 10.7. The highest BCUT2D eigenvalue weighted by Gasteiger charge is 2.32. The van der Waals surface area contributed by atoms with Crippen LogP contribution in [0.5, 0.6) is 0 Å². The lowest BCUT2D eigenvalue weighted by molar-refractivity contribution is 0.574. The zero-order chi connectivity index (χ0) is 25.4. The third-order valence-corrected chi connectivity index (χ3v) is 7.75. The van der Waals surface area contributed by atoms with Crippen LogP contribution in [0, 0.1) is 0 Å². The molecular weight excluding hydrogens is 498 g/mol. The predicted molar refractivity (Wildman–Crippen MR) is 126 cm³/mol. The Kier molecular flexibility index (Phi) is 6.64. The van der Waals surface area contributed by atoms with Crippen LogP contribution in [0.2, 0.25) is 0 Å². The molecule has 0 aliphatic carbocycles. The molecule has 2 aromatic heterocycles. The van der Waals surface area contributed by atoms with Gasteiger partial charge in [-0.1, -0.05) is 18.2 Å². The highest BCUT2D eigenvalue weighted by Crippen LogP contribution is 2.40. The lowest BCUT2D eigenvalue weighted by atomic mass is 9.98. The van der Waals surface area contributed by atoms with E-state index in [4.69, 9.17) is 22.3 Å². The van der Waals surface area contributed by atoms with E-state index < -0.39 is 35.9 Å². The zero-order valence-corrected chi connectivity index (χ0v) is 19.8. The molecule has 0 spiro atoms. The third kappa shape index (κ3) is 4.65. The van der Waals surface area contributed by atoms with Gasteiger partial charge in [-0.25, -0.2) is 31.7 Å². The summed E-state index contributed by atoms with van der Waals surface area (Å²) in [5, 5.41) is 19.0. The normalized spacial score (nSPS) is 13.4. The number of nitrogens with two attached hydrogens (primary N) is 4. The van der Waals surface area contributed by atoms with Crippen LogP contribution in [0.25, 0.3) is 33.5 Å². The van der Waals surface area contributed by atoms with Crippen molar-refractivity contribution < 1.29 is 16.8 Å². The Labute approximate surface area is 199 Å². The van der Waals surface area contributed by atoms with Crippen LogP contribution in [-0.2, 0) is 20.0 Å². The molecule has 17 heteroatoms. The summed E-state index contributed by atoms with van der Waals surface area (Å²) in [6, 6.07) is 7.13. The van der Waals surface area contributed by atoms with Gasteiger partial charge in [-0.3, -0.25) is 0 Å². The van der Waals surface area contributed by atoms with Crippen LogP contribution < -0.4 is 27.1 Å². The molecule has 0 radical (unpaired) electrons. The van der Waals surface area contributed by atoms with Crippen molar-refractivity contribution in [3.63, 3.8) is 0 Å². The van der Waals surface area contributed by atoms with Gasteiger partial charge >= 0.3 is 0 Å². The molecular formula is C18H23N11O4S2. The van der Waals surface area contributed by atoms with Gasteiger partial charge in [0.15, 0.2) is 0 Å². The van der Waals surface area contributed by atoms with E-state index in [1.54, 1.807) is 18.2 Å². The Morgan fingerprint density at radius 1 is 1.06 bits per heavy atom. The summed E-state index contributed by atoms with van der Waals surface area (Å²) in [5.41, 5.74) is 18.6. The average Bonchev–Trinajstić information content (AvgIpc) is 3.50. The SMILES string of the molecule is NCCNS(=O)(=O)c1ccc(-c2cccc3[nH]c([C@@H](N)CN)nc23)c(-c2nn[nH]n2)c1S(N)(=O)=O. The van der Waals surface area contributed by atoms with Gasteiger partial charge in [-0.05, 0) is 22.9 Å². The van der Waals surface area contributed by atoms with Gasteiger partial charge in [-0.15, -0.1) is 10.2 Å². The molecule has 11 N–H and O–H groups in total. The van der Waals surface area contributed by atoms with Crippen LogP contribution >= 0.6 is 0 Å². The van der Waals surface area contributed by atoms with Crippen molar-refractivity contribution in [2.45, 2.75) is 15.8 Å². The number of imidazole rings is 1. The number of benzene rings is 2. The number of nitrogens with one attached hydrogen (secondary N) is 3. The average molecular weight is 522 g/mol. The minimum absolute atomic E-state index is 0.00581. The summed E-state index contributed by atoms with van der Waals surface area (Å²) in [4.78, 5) is 6.34. The molecule has 0 saturated carbocycles. The molecule has 0 aliphatic heterocycles. The fraction of sp³-hybridized carbons (Fsp3) is 0.222. The molecule has 0 aliphatic rings. The molecule has 0 amide bonds. The van der Waals surface area contributed by atoms with Crippen molar-refractivity contribution in [3.05, 3.63) is 36.2 Å². The summed E-state index contributed by atoms with van der Waals surface area (Å²) in [5.74, 6) is 0.235. The predicted octanol–water partition coefficient (Wildman–Crippen LogP) is -1.75. The molecule has 0 saturated heterocycles. The van der Waals surface area contributed by atoms with E-state index in [2.05, 4.69) is 35.3 Å². The minimum atomic E-state index is -4.63. The van der Waals surface area contributed by atoms with Gasteiger partial charge in [0.05, 0.1) is 22.6 Å². The van der Waals surface area contributed by atoms with Gasteiger partial charge in [0, 0.05) is 25.2 Å². The van der Waals surface area contributed by atoms with Crippen LogP contribution in [0.15, 0.2) is 40.1 Å². The number of hydrogen-bond donors (Lipinski definition) is 7. The van der Waals surface area contributed by atoms with Crippen molar-refractivity contribution in [3.8, 4) is 22.5 Å². The first-order chi connectivity index (χ1) is 16.6. The zero-order valence-electron chi connectivity index (χ0n) is 18.1. The molecule has 35 heavy (non-hydrogen) atoms. The molecule has 2 heterocycles.